The highest BCUT2D eigenvalue weighted by Gasteiger charge is 2.06. The smallest absolute Gasteiger partial charge is 0.339 e. The summed E-state index contributed by atoms with van der Waals surface area (Å²) in [5.74, 6) is -0.760. The Balaban J connectivity index is 2.32. The molecule has 3 nitrogen and oxygen atoms in total. The van der Waals surface area contributed by atoms with E-state index in [4.69, 9.17) is 0 Å². The Morgan fingerprint density at radius 3 is 2.71 bits per heavy atom. The Labute approximate surface area is 97.9 Å². The first-order valence-corrected chi connectivity index (χ1v) is 5.01. The molecule has 2 rings (SSSR count). The molecule has 1 heterocycles. The van der Waals surface area contributed by atoms with Gasteiger partial charge in [-0.25, -0.2) is 9.18 Å². The Hall–Kier alpha value is -2.23. The number of esters is 1. The van der Waals surface area contributed by atoms with Crippen LogP contribution in [0.1, 0.15) is 10.4 Å². The average molecular weight is 231 g/mol. The third kappa shape index (κ3) is 2.47. The molecule has 17 heavy (non-hydrogen) atoms. The van der Waals surface area contributed by atoms with Gasteiger partial charge < -0.3 is 4.74 Å². The van der Waals surface area contributed by atoms with Crippen molar-refractivity contribution < 1.29 is 13.9 Å². The minimum absolute atomic E-state index is 0.318. The molecular formula is C13H10FNO2. The van der Waals surface area contributed by atoms with Crippen LogP contribution in [0.4, 0.5) is 4.39 Å². The predicted octanol–water partition coefficient (Wildman–Crippen LogP) is 2.67. The molecule has 2 aromatic rings. The Bertz CT molecular complexity index is 537. The van der Waals surface area contributed by atoms with E-state index in [9.17, 15) is 9.18 Å². The number of ether oxygens (including phenoxy) is 1. The average Bonchev–Trinajstić information content (AvgIpc) is 2.38. The third-order valence-electron chi connectivity index (χ3n) is 2.30. The van der Waals surface area contributed by atoms with Crippen LogP contribution in [0.25, 0.3) is 11.3 Å². The summed E-state index contributed by atoms with van der Waals surface area (Å²) in [4.78, 5) is 15.3. The van der Waals surface area contributed by atoms with Crippen LogP contribution in [0.2, 0.25) is 0 Å². The zero-order valence-corrected chi connectivity index (χ0v) is 9.18. The van der Waals surface area contributed by atoms with Crippen LogP contribution in [0.15, 0.2) is 42.6 Å². The number of nitrogens with zero attached hydrogens (tertiary/aromatic N) is 1. The van der Waals surface area contributed by atoms with Gasteiger partial charge in [0.15, 0.2) is 0 Å². The monoisotopic (exact) mass is 231 g/mol. The highest BCUT2D eigenvalue weighted by atomic mass is 19.1. The van der Waals surface area contributed by atoms with Gasteiger partial charge in [0.25, 0.3) is 0 Å². The number of rotatable bonds is 2. The number of hydrogen-bond acceptors (Lipinski definition) is 3. The second-order valence-electron chi connectivity index (χ2n) is 3.43. The van der Waals surface area contributed by atoms with E-state index in [1.54, 1.807) is 24.3 Å². The van der Waals surface area contributed by atoms with Gasteiger partial charge in [0.1, 0.15) is 5.82 Å². The standard InChI is InChI=1S/C13H10FNO2/c1-17-13(16)10-5-6-12(15-8-10)9-3-2-4-11(14)7-9/h2-8H,1H3. The molecule has 0 aliphatic heterocycles. The van der Waals surface area contributed by atoms with Crippen molar-refractivity contribution in [3.8, 4) is 11.3 Å². The fourth-order valence-electron chi connectivity index (χ4n) is 1.45. The number of benzene rings is 1. The summed E-state index contributed by atoms with van der Waals surface area (Å²) in [6.07, 6.45) is 1.41. The molecule has 0 saturated carbocycles. The Morgan fingerprint density at radius 1 is 1.29 bits per heavy atom. The van der Waals surface area contributed by atoms with Crippen molar-refractivity contribution in [2.75, 3.05) is 7.11 Å². The molecule has 86 valence electrons. The molecule has 0 bridgehead atoms. The van der Waals surface area contributed by atoms with Gasteiger partial charge in [0.05, 0.1) is 18.4 Å². The van der Waals surface area contributed by atoms with Crippen molar-refractivity contribution in [3.05, 3.63) is 54.0 Å². The summed E-state index contributed by atoms with van der Waals surface area (Å²) in [5.41, 5.74) is 1.64. The number of hydrogen-bond donors (Lipinski definition) is 0. The summed E-state index contributed by atoms with van der Waals surface area (Å²) < 4.78 is 17.6. The van der Waals surface area contributed by atoms with Gasteiger partial charge in [0.2, 0.25) is 0 Å². The normalized spacial score (nSPS) is 10.0. The van der Waals surface area contributed by atoms with Crippen molar-refractivity contribution in [2.45, 2.75) is 0 Å². The van der Waals surface area contributed by atoms with E-state index in [0.717, 1.165) is 0 Å². The lowest BCUT2D eigenvalue weighted by molar-refractivity contribution is 0.0600. The molecule has 0 unspecified atom stereocenters. The molecule has 1 aromatic carbocycles. The lowest BCUT2D eigenvalue weighted by Gasteiger charge is -2.02. The molecule has 0 spiro atoms. The van der Waals surface area contributed by atoms with Crippen LogP contribution in [-0.4, -0.2) is 18.1 Å². The van der Waals surface area contributed by atoms with Crippen LogP contribution in [-0.2, 0) is 4.74 Å². The largest absolute Gasteiger partial charge is 0.465 e. The molecular weight excluding hydrogens is 221 g/mol. The molecule has 0 atom stereocenters. The molecule has 0 N–H and O–H groups in total. The van der Waals surface area contributed by atoms with Gasteiger partial charge in [-0.2, -0.15) is 0 Å². The van der Waals surface area contributed by atoms with Crippen molar-refractivity contribution in [1.29, 1.82) is 0 Å². The molecule has 0 fully saturated rings. The number of aromatic nitrogens is 1. The van der Waals surface area contributed by atoms with Gasteiger partial charge >= 0.3 is 5.97 Å². The van der Waals surface area contributed by atoms with E-state index in [-0.39, 0.29) is 5.82 Å². The molecule has 0 amide bonds. The number of carbonyl (C=O) groups is 1. The highest BCUT2D eigenvalue weighted by molar-refractivity contribution is 5.89. The summed E-state index contributed by atoms with van der Waals surface area (Å²) in [6.45, 7) is 0. The molecule has 0 aliphatic rings. The van der Waals surface area contributed by atoms with E-state index in [1.165, 1.54) is 25.4 Å². The first-order valence-electron chi connectivity index (χ1n) is 5.01. The fraction of sp³-hybridized carbons (Fsp3) is 0.0769. The number of carbonyl (C=O) groups excluding carboxylic acids is 1. The van der Waals surface area contributed by atoms with Gasteiger partial charge in [-0.15, -0.1) is 0 Å². The van der Waals surface area contributed by atoms with Gasteiger partial charge in [-0.3, -0.25) is 4.98 Å². The zero-order chi connectivity index (χ0) is 12.3. The van der Waals surface area contributed by atoms with E-state index in [0.29, 0.717) is 16.8 Å². The molecule has 0 saturated heterocycles. The van der Waals surface area contributed by atoms with E-state index in [2.05, 4.69) is 9.72 Å². The number of halogens is 1. The molecule has 1 aromatic heterocycles. The first kappa shape index (κ1) is 11.3. The molecule has 4 heteroatoms. The maximum absolute atomic E-state index is 13.0. The molecule has 0 radical (unpaired) electrons. The van der Waals surface area contributed by atoms with Gasteiger partial charge in [-0.05, 0) is 24.3 Å². The second-order valence-corrected chi connectivity index (χ2v) is 3.43. The summed E-state index contributed by atoms with van der Waals surface area (Å²) >= 11 is 0. The van der Waals surface area contributed by atoms with Crippen molar-refractivity contribution in [2.24, 2.45) is 0 Å². The summed E-state index contributed by atoms with van der Waals surface area (Å²) in [7, 11) is 1.31. The van der Waals surface area contributed by atoms with Gasteiger partial charge in [0, 0.05) is 11.8 Å². The minimum Gasteiger partial charge on any atom is -0.465 e. The summed E-state index contributed by atoms with van der Waals surface area (Å²) in [5, 5.41) is 0. The van der Waals surface area contributed by atoms with Crippen LogP contribution in [0.3, 0.4) is 0 Å². The third-order valence-corrected chi connectivity index (χ3v) is 2.30. The lowest BCUT2D eigenvalue weighted by atomic mass is 10.1. The van der Waals surface area contributed by atoms with Crippen LogP contribution >= 0.6 is 0 Å². The number of methoxy groups -OCH3 is 1. The SMILES string of the molecule is COC(=O)c1ccc(-c2cccc(F)c2)nc1. The maximum Gasteiger partial charge on any atom is 0.339 e. The topological polar surface area (TPSA) is 39.2 Å². The second kappa shape index (κ2) is 4.74. The van der Waals surface area contributed by atoms with E-state index >= 15 is 0 Å². The molecule has 0 aliphatic carbocycles. The van der Waals surface area contributed by atoms with Crippen molar-refractivity contribution in [3.63, 3.8) is 0 Å². The predicted molar refractivity (Wildman–Crippen MR) is 61.0 cm³/mol. The van der Waals surface area contributed by atoms with Crippen LogP contribution < -0.4 is 0 Å². The Morgan fingerprint density at radius 2 is 2.12 bits per heavy atom. The number of pyridine rings is 1. The van der Waals surface area contributed by atoms with Crippen LogP contribution in [0, 0.1) is 5.82 Å². The van der Waals surface area contributed by atoms with E-state index < -0.39 is 5.97 Å². The lowest BCUT2D eigenvalue weighted by Crippen LogP contribution is -2.01. The fourth-order valence-corrected chi connectivity index (χ4v) is 1.45. The highest BCUT2D eigenvalue weighted by Crippen LogP contribution is 2.17. The van der Waals surface area contributed by atoms with E-state index in [1.807, 2.05) is 0 Å². The van der Waals surface area contributed by atoms with Crippen molar-refractivity contribution >= 4 is 5.97 Å². The summed E-state index contributed by atoms with van der Waals surface area (Å²) in [6, 6.07) is 9.37. The minimum atomic E-state index is -0.441. The Kier molecular flexibility index (Phi) is 3.14. The zero-order valence-electron chi connectivity index (χ0n) is 9.18. The maximum atomic E-state index is 13.0. The van der Waals surface area contributed by atoms with Gasteiger partial charge in [-0.1, -0.05) is 12.1 Å². The quantitative estimate of drug-likeness (QED) is 0.746. The first-order chi connectivity index (χ1) is 8.20. The van der Waals surface area contributed by atoms with Crippen LogP contribution in [0.5, 0.6) is 0 Å². The van der Waals surface area contributed by atoms with Crippen molar-refractivity contribution in [1.82, 2.24) is 4.98 Å².